The molecular weight excluding hydrogens is 427 g/mol. The minimum atomic E-state index is 0. The van der Waals surface area contributed by atoms with Gasteiger partial charge in [0.05, 0.1) is 0 Å². The van der Waals surface area contributed by atoms with Crippen molar-refractivity contribution in [3.63, 3.8) is 0 Å². The summed E-state index contributed by atoms with van der Waals surface area (Å²) in [4.78, 5) is 16.3. The molecule has 0 aliphatic heterocycles. The van der Waals surface area contributed by atoms with Gasteiger partial charge in [0.15, 0.2) is 5.96 Å². The van der Waals surface area contributed by atoms with Crippen molar-refractivity contribution in [1.82, 2.24) is 15.2 Å². The zero-order valence-corrected chi connectivity index (χ0v) is 18.5. The van der Waals surface area contributed by atoms with Crippen molar-refractivity contribution in [2.75, 3.05) is 13.1 Å². The molecule has 0 amide bonds. The zero-order chi connectivity index (χ0) is 17.8. The van der Waals surface area contributed by atoms with Crippen LogP contribution in [-0.2, 0) is 6.54 Å². The normalized spacial score (nSPS) is 12.6. The second-order valence-corrected chi connectivity index (χ2v) is 6.72. The molecule has 0 bridgehead atoms. The molecule has 2 N–H and O–H groups in total. The van der Waals surface area contributed by atoms with Gasteiger partial charge >= 0.3 is 0 Å². The van der Waals surface area contributed by atoms with Crippen molar-refractivity contribution in [1.29, 1.82) is 0 Å². The number of nitrogens with zero attached hydrogens (tertiary/aromatic N) is 2. The summed E-state index contributed by atoms with van der Waals surface area (Å²) in [5.41, 5.74) is 0.0648. The summed E-state index contributed by atoms with van der Waals surface area (Å²) in [7, 11) is 0. The summed E-state index contributed by atoms with van der Waals surface area (Å²) in [5, 5.41) is 6.78. The first kappa shape index (κ1) is 23.9. The Bertz CT molecular complexity index is 542. The molecule has 25 heavy (non-hydrogen) atoms. The van der Waals surface area contributed by atoms with E-state index in [4.69, 9.17) is 0 Å². The van der Waals surface area contributed by atoms with Crippen molar-refractivity contribution < 1.29 is 0 Å². The number of aryl methyl sites for hydroxylation is 1. The maximum Gasteiger partial charge on any atom is 0.250 e. The minimum Gasteiger partial charge on any atom is -0.357 e. The fourth-order valence-corrected chi connectivity index (χ4v) is 2.44. The lowest BCUT2D eigenvalue weighted by molar-refractivity contribution is 0.489. The van der Waals surface area contributed by atoms with E-state index in [0.29, 0.717) is 6.04 Å². The van der Waals surface area contributed by atoms with Gasteiger partial charge in [-0.15, -0.1) is 24.0 Å². The molecule has 0 radical (unpaired) electrons. The van der Waals surface area contributed by atoms with E-state index in [2.05, 4.69) is 43.3 Å². The van der Waals surface area contributed by atoms with Gasteiger partial charge in [-0.1, -0.05) is 19.9 Å². The number of aliphatic imine (C=N–C) groups is 1. The summed E-state index contributed by atoms with van der Waals surface area (Å²) < 4.78 is 1.75. The number of rotatable bonds is 10. The van der Waals surface area contributed by atoms with E-state index >= 15 is 0 Å². The number of nitrogens with one attached hydrogen (secondary N) is 2. The van der Waals surface area contributed by atoms with Gasteiger partial charge in [-0.05, 0) is 51.5 Å². The fourth-order valence-electron chi connectivity index (χ4n) is 2.44. The maximum atomic E-state index is 11.6. The lowest BCUT2D eigenvalue weighted by Crippen LogP contribution is -2.42. The Morgan fingerprint density at radius 3 is 2.60 bits per heavy atom. The molecule has 1 aromatic heterocycles. The average Bonchev–Trinajstić information content (AvgIpc) is 2.54. The zero-order valence-electron chi connectivity index (χ0n) is 16.1. The van der Waals surface area contributed by atoms with E-state index in [1.807, 2.05) is 12.3 Å². The number of halogens is 1. The van der Waals surface area contributed by atoms with Crippen molar-refractivity contribution >= 4 is 29.9 Å². The highest BCUT2D eigenvalue weighted by atomic mass is 127. The highest BCUT2D eigenvalue weighted by molar-refractivity contribution is 14.0. The summed E-state index contributed by atoms with van der Waals surface area (Å²) in [6.45, 7) is 11.2. The largest absolute Gasteiger partial charge is 0.357 e. The second kappa shape index (κ2) is 14.2. The Balaban J connectivity index is 0.00000576. The lowest BCUT2D eigenvalue weighted by atomic mass is 10.0. The highest BCUT2D eigenvalue weighted by Crippen LogP contribution is 2.06. The summed E-state index contributed by atoms with van der Waals surface area (Å²) in [6, 6.07) is 5.70. The van der Waals surface area contributed by atoms with Gasteiger partial charge in [0.2, 0.25) is 5.56 Å². The molecule has 6 heteroatoms. The van der Waals surface area contributed by atoms with Gasteiger partial charge in [0.25, 0.3) is 0 Å². The Kier molecular flexibility index (Phi) is 13.6. The molecule has 0 aromatic carbocycles. The predicted octanol–water partition coefficient (Wildman–Crippen LogP) is 3.63. The SMILES string of the molecule is CCNC(=NCCCCn1ccccc1=O)NC(C)CCC(C)C.I. The molecule has 1 heterocycles. The Morgan fingerprint density at radius 1 is 1.20 bits per heavy atom. The van der Waals surface area contributed by atoms with Gasteiger partial charge in [0, 0.05) is 37.9 Å². The third-order valence-electron chi connectivity index (χ3n) is 3.88. The van der Waals surface area contributed by atoms with Gasteiger partial charge in [-0.25, -0.2) is 0 Å². The Labute approximate surface area is 169 Å². The van der Waals surface area contributed by atoms with Crippen LogP contribution < -0.4 is 16.2 Å². The van der Waals surface area contributed by atoms with Gasteiger partial charge in [-0.2, -0.15) is 0 Å². The number of unbranched alkanes of at least 4 members (excludes halogenated alkanes) is 1. The first-order valence-corrected chi connectivity index (χ1v) is 9.23. The van der Waals surface area contributed by atoms with Crippen LogP contribution >= 0.6 is 24.0 Å². The van der Waals surface area contributed by atoms with Crippen LogP contribution in [0.5, 0.6) is 0 Å². The molecule has 0 fully saturated rings. The van der Waals surface area contributed by atoms with Crippen LogP contribution in [-0.4, -0.2) is 29.7 Å². The number of hydrogen-bond donors (Lipinski definition) is 2. The Hall–Kier alpha value is -1.05. The first-order valence-electron chi connectivity index (χ1n) is 9.23. The van der Waals surface area contributed by atoms with Gasteiger partial charge in [0.1, 0.15) is 0 Å². The second-order valence-electron chi connectivity index (χ2n) is 6.72. The lowest BCUT2D eigenvalue weighted by Gasteiger charge is -2.18. The van der Waals surface area contributed by atoms with E-state index in [9.17, 15) is 4.79 Å². The van der Waals surface area contributed by atoms with Crippen molar-refractivity contribution in [2.24, 2.45) is 10.9 Å². The quantitative estimate of drug-likeness (QED) is 0.242. The molecule has 5 nitrogen and oxygen atoms in total. The standard InChI is InChI=1S/C19H34N4O.HI/c1-5-20-19(22-17(4)12-11-16(2)3)21-13-7-9-15-23-14-8-6-10-18(23)24;/h6,8,10,14,16-17H,5,7,9,11-13,15H2,1-4H3,(H2,20,21,22);1H. The van der Waals surface area contributed by atoms with E-state index in [-0.39, 0.29) is 29.5 Å². The third kappa shape index (κ3) is 11.2. The van der Waals surface area contributed by atoms with Crippen molar-refractivity contribution in [3.05, 3.63) is 34.7 Å². The summed E-state index contributed by atoms with van der Waals surface area (Å²) in [6.07, 6.45) is 6.14. The predicted molar refractivity (Wildman–Crippen MR) is 118 cm³/mol. The van der Waals surface area contributed by atoms with Crippen LogP contribution in [0.2, 0.25) is 0 Å². The molecule has 1 atom stereocenters. The average molecular weight is 462 g/mol. The van der Waals surface area contributed by atoms with E-state index in [1.165, 1.54) is 6.42 Å². The molecular formula is C19H35IN4O. The monoisotopic (exact) mass is 462 g/mol. The summed E-state index contributed by atoms with van der Waals surface area (Å²) >= 11 is 0. The molecule has 0 aliphatic rings. The molecule has 0 saturated heterocycles. The molecule has 1 aromatic rings. The molecule has 1 unspecified atom stereocenters. The highest BCUT2D eigenvalue weighted by Gasteiger charge is 2.06. The Morgan fingerprint density at radius 2 is 1.96 bits per heavy atom. The van der Waals surface area contributed by atoms with Crippen molar-refractivity contribution in [3.8, 4) is 0 Å². The number of hydrogen-bond acceptors (Lipinski definition) is 2. The smallest absolute Gasteiger partial charge is 0.250 e. The third-order valence-corrected chi connectivity index (χ3v) is 3.88. The molecule has 144 valence electrons. The van der Waals surface area contributed by atoms with E-state index in [1.54, 1.807) is 16.7 Å². The topological polar surface area (TPSA) is 58.4 Å². The van der Waals surface area contributed by atoms with Crippen LogP contribution in [0.3, 0.4) is 0 Å². The van der Waals surface area contributed by atoms with Crippen LogP contribution in [0.1, 0.15) is 53.4 Å². The minimum absolute atomic E-state index is 0. The van der Waals surface area contributed by atoms with Crippen LogP contribution in [0.4, 0.5) is 0 Å². The molecule has 0 saturated carbocycles. The molecule has 0 spiro atoms. The van der Waals surface area contributed by atoms with Crippen LogP contribution in [0, 0.1) is 5.92 Å². The number of aromatic nitrogens is 1. The van der Waals surface area contributed by atoms with Crippen molar-refractivity contribution in [2.45, 2.75) is 66.0 Å². The number of pyridine rings is 1. The molecule has 0 aliphatic carbocycles. The fraction of sp³-hybridized carbons (Fsp3) is 0.684. The number of guanidine groups is 1. The van der Waals surface area contributed by atoms with E-state index in [0.717, 1.165) is 50.8 Å². The molecule has 1 rings (SSSR count). The van der Waals surface area contributed by atoms with Gasteiger partial charge < -0.3 is 15.2 Å². The van der Waals surface area contributed by atoms with Gasteiger partial charge in [-0.3, -0.25) is 9.79 Å². The maximum absolute atomic E-state index is 11.6. The van der Waals surface area contributed by atoms with E-state index < -0.39 is 0 Å². The van der Waals surface area contributed by atoms with Crippen LogP contribution in [0.25, 0.3) is 0 Å². The first-order chi connectivity index (χ1) is 11.5. The van der Waals surface area contributed by atoms with Crippen LogP contribution in [0.15, 0.2) is 34.2 Å². The summed E-state index contributed by atoms with van der Waals surface area (Å²) in [5.74, 6) is 1.63.